The smallest absolute Gasteiger partial charge is 0.106 e. The molecule has 0 bridgehead atoms. The van der Waals surface area contributed by atoms with Gasteiger partial charge in [0.25, 0.3) is 0 Å². The van der Waals surface area contributed by atoms with Crippen molar-refractivity contribution >= 4 is 0 Å². The number of rotatable bonds is 5. The molecule has 1 aliphatic carbocycles. The highest BCUT2D eigenvalue weighted by atomic mass is 15.1. The molecule has 0 atom stereocenters. The number of nitrogens with zero attached hydrogens (tertiary/aromatic N) is 2. The Morgan fingerprint density at radius 1 is 1.32 bits per heavy atom. The van der Waals surface area contributed by atoms with Gasteiger partial charge in [0.15, 0.2) is 0 Å². The fraction of sp³-hybridized carbons (Fsp3) is 0.438. The molecule has 19 heavy (non-hydrogen) atoms. The quantitative estimate of drug-likeness (QED) is 0.890. The van der Waals surface area contributed by atoms with E-state index in [1.54, 1.807) is 0 Å². The summed E-state index contributed by atoms with van der Waals surface area (Å²) in [6.07, 6.45) is 4.65. The maximum absolute atomic E-state index is 4.46. The Hall–Kier alpha value is -1.61. The number of aryl methyl sites for hydroxylation is 2. The molecule has 1 fully saturated rings. The molecule has 1 aromatic carbocycles. The summed E-state index contributed by atoms with van der Waals surface area (Å²) in [6.45, 7) is 6.06. The van der Waals surface area contributed by atoms with Crippen LogP contribution in [0.2, 0.25) is 0 Å². The molecule has 1 aromatic heterocycles. The maximum Gasteiger partial charge on any atom is 0.106 e. The lowest BCUT2D eigenvalue weighted by Crippen LogP contribution is -2.18. The summed E-state index contributed by atoms with van der Waals surface area (Å²) < 4.78 is 2.31. The molecule has 2 aromatic rings. The molecule has 0 spiro atoms. The second-order valence-corrected chi connectivity index (χ2v) is 5.53. The van der Waals surface area contributed by atoms with Gasteiger partial charge in [0, 0.05) is 25.3 Å². The predicted molar refractivity (Wildman–Crippen MR) is 77.1 cm³/mol. The van der Waals surface area contributed by atoms with Gasteiger partial charge in [0.05, 0.1) is 5.69 Å². The van der Waals surface area contributed by atoms with Crippen molar-refractivity contribution in [3.05, 3.63) is 53.1 Å². The van der Waals surface area contributed by atoms with Crippen LogP contribution in [0.1, 0.15) is 35.5 Å². The SMILES string of the molecule is Cc1cccc(Cn2c(CNC3CC3)cnc2C)c1. The van der Waals surface area contributed by atoms with Gasteiger partial charge in [-0.2, -0.15) is 0 Å². The van der Waals surface area contributed by atoms with E-state index in [4.69, 9.17) is 0 Å². The van der Waals surface area contributed by atoms with Gasteiger partial charge in [-0.25, -0.2) is 4.98 Å². The predicted octanol–water partition coefficient (Wildman–Crippen LogP) is 2.80. The van der Waals surface area contributed by atoms with E-state index in [1.165, 1.54) is 29.7 Å². The van der Waals surface area contributed by atoms with E-state index in [0.717, 1.165) is 25.0 Å². The fourth-order valence-corrected chi connectivity index (χ4v) is 2.40. The van der Waals surface area contributed by atoms with Gasteiger partial charge in [-0.05, 0) is 32.3 Å². The number of hydrogen-bond acceptors (Lipinski definition) is 2. The Balaban J connectivity index is 1.76. The summed E-state index contributed by atoms with van der Waals surface area (Å²) in [5.41, 5.74) is 3.94. The van der Waals surface area contributed by atoms with Crippen LogP contribution in [0.5, 0.6) is 0 Å². The molecule has 0 unspecified atom stereocenters. The van der Waals surface area contributed by atoms with E-state index in [9.17, 15) is 0 Å². The highest BCUT2D eigenvalue weighted by Crippen LogP contribution is 2.19. The van der Waals surface area contributed by atoms with E-state index in [0.29, 0.717) is 0 Å². The molecule has 3 heteroatoms. The summed E-state index contributed by atoms with van der Waals surface area (Å²) in [7, 11) is 0. The van der Waals surface area contributed by atoms with Crippen LogP contribution in [-0.2, 0) is 13.1 Å². The van der Waals surface area contributed by atoms with Crippen LogP contribution in [0.15, 0.2) is 30.5 Å². The molecule has 0 amide bonds. The van der Waals surface area contributed by atoms with Gasteiger partial charge in [-0.1, -0.05) is 29.8 Å². The maximum atomic E-state index is 4.46. The standard InChI is InChI=1S/C16H21N3/c1-12-4-3-5-14(8-12)11-19-13(2)17-9-16(19)10-18-15-6-7-15/h3-5,8-9,15,18H,6-7,10-11H2,1-2H3. The normalized spacial score (nSPS) is 14.8. The zero-order valence-corrected chi connectivity index (χ0v) is 11.7. The van der Waals surface area contributed by atoms with Crippen LogP contribution in [0.4, 0.5) is 0 Å². The second kappa shape index (κ2) is 5.17. The molecule has 100 valence electrons. The van der Waals surface area contributed by atoms with Crippen LogP contribution >= 0.6 is 0 Å². The van der Waals surface area contributed by atoms with Gasteiger partial charge in [-0.15, -0.1) is 0 Å². The topological polar surface area (TPSA) is 29.9 Å². The van der Waals surface area contributed by atoms with Crippen molar-refractivity contribution < 1.29 is 0 Å². The molecule has 1 saturated carbocycles. The third-order valence-electron chi connectivity index (χ3n) is 3.71. The van der Waals surface area contributed by atoms with E-state index in [-0.39, 0.29) is 0 Å². The number of hydrogen-bond donors (Lipinski definition) is 1. The van der Waals surface area contributed by atoms with Crippen molar-refractivity contribution in [3.63, 3.8) is 0 Å². The molecule has 0 aliphatic heterocycles. The van der Waals surface area contributed by atoms with Crippen molar-refractivity contribution in [1.82, 2.24) is 14.9 Å². The van der Waals surface area contributed by atoms with Crippen LogP contribution in [0, 0.1) is 13.8 Å². The largest absolute Gasteiger partial charge is 0.327 e. The lowest BCUT2D eigenvalue weighted by atomic mass is 10.1. The van der Waals surface area contributed by atoms with Crippen LogP contribution in [0.3, 0.4) is 0 Å². The van der Waals surface area contributed by atoms with E-state index in [1.807, 2.05) is 6.20 Å². The van der Waals surface area contributed by atoms with Gasteiger partial charge >= 0.3 is 0 Å². The Morgan fingerprint density at radius 3 is 2.89 bits per heavy atom. The first-order chi connectivity index (χ1) is 9.22. The monoisotopic (exact) mass is 255 g/mol. The van der Waals surface area contributed by atoms with Crippen molar-refractivity contribution in [2.45, 2.75) is 45.8 Å². The Morgan fingerprint density at radius 2 is 2.16 bits per heavy atom. The third kappa shape index (κ3) is 3.04. The Bertz CT molecular complexity index is 567. The third-order valence-corrected chi connectivity index (χ3v) is 3.71. The van der Waals surface area contributed by atoms with E-state index in [2.05, 4.69) is 53.0 Å². The lowest BCUT2D eigenvalue weighted by molar-refractivity contribution is 0.626. The first-order valence-electron chi connectivity index (χ1n) is 7.02. The average Bonchev–Trinajstić information content (AvgIpc) is 3.15. The van der Waals surface area contributed by atoms with Crippen LogP contribution < -0.4 is 5.32 Å². The van der Waals surface area contributed by atoms with Crippen LogP contribution in [0.25, 0.3) is 0 Å². The van der Waals surface area contributed by atoms with Crippen molar-refractivity contribution in [3.8, 4) is 0 Å². The van der Waals surface area contributed by atoms with Crippen molar-refractivity contribution in [2.75, 3.05) is 0 Å². The minimum absolute atomic E-state index is 0.739. The molecule has 1 heterocycles. The molecular weight excluding hydrogens is 234 g/mol. The van der Waals surface area contributed by atoms with Gasteiger partial charge < -0.3 is 9.88 Å². The first-order valence-corrected chi connectivity index (χ1v) is 7.02. The Labute approximate surface area is 114 Å². The number of aromatic nitrogens is 2. The molecule has 0 saturated heterocycles. The van der Waals surface area contributed by atoms with Crippen molar-refractivity contribution in [2.24, 2.45) is 0 Å². The number of imidazole rings is 1. The lowest BCUT2D eigenvalue weighted by Gasteiger charge is -2.11. The Kier molecular flexibility index (Phi) is 3.38. The average molecular weight is 255 g/mol. The highest BCUT2D eigenvalue weighted by Gasteiger charge is 2.20. The molecule has 1 aliphatic rings. The minimum atomic E-state index is 0.739. The molecule has 1 N–H and O–H groups in total. The van der Waals surface area contributed by atoms with E-state index >= 15 is 0 Å². The van der Waals surface area contributed by atoms with Gasteiger partial charge in [0.1, 0.15) is 5.82 Å². The summed E-state index contributed by atoms with van der Waals surface area (Å²) in [5, 5.41) is 3.56. The summed E-state index contributed by atoms with van der Waals surface area (Å²) in [6, 6.07) is 9.43. The minimum Gasteiger partial charge on any atom is -0.327 e. The molecule has 3 nitrogen and oxygen atoms in total. The molecule has 0 radical (unpaired) electrons. The molecular formula is C16H21N3. The highest BCUT2D eigenvalue weighted by molar-refractivity contribution is 5.23. The van der Waals surface area contributed by atoms with Crippen LogP contribution in [-0.4, -0.2) is 15.6 Å². The fourth-order valence-electron chi connectivity index (χ4n) is 2.40. The summed E-state index contributed by atoms with van der Waals surface area (Å²) in [5.74, 6) is 1.09. The van der Waals surface area contributed by atoms with E-state index < -0.39 is 0 Å². The van der Waals surface area contributed by atoms with Gasteiger partial charge in [0.2, 0.25) is 0 Å². The number of benzene rings is 1. The second-order valence-electron chi connectivity index (χ2n) is 5.53. The summed E-state index contributed by atoms with van der Waals surface area (Å²) >= 11 is 0. The first kappa shape index (κ1) is 12.4. The zero-order chi connectivity index (χ0) is 13.2. The van der Waals surface area contributed by atoms with Crippen molar-refractivity contribution in [1.29, 1.82) is 0 Å². The number of nitrogens with one attached hydrogen (secondary N) is 1. The summed E-state index contributed by atoms with van der Waals surface area (Å²) in [4.78, 5) is 4.46. The molecule has 3 rings (SSSR count). The van der Waals surface area contributed by atoms with Gasteiger partial charge in [-0.3, -0.25) is 0 Å². The zero-order valence-electron chi connectivity index (χ0n) is 11.7.